The molecule has 0 aliphatic rings. The van der Waals surface area contributed by atoms with Gasteiger partial charge in [0.2, 0.25) is 0 Å². The number of aliphatic carboxylic acids is 1. The quantitative estimate of drug-likeness (QED) is 0.546. The van der Waals surface area contributed by atoms with E-state index in [1.54, 1.807) is 23.6 Å². The molecule has 152 valence electrons. The minimum Gasteiger partial charge on any atom is -0.481 e. The molecule has 3 aromatic heterocycles. The summed E-state index contributed by atoms with van der Waals surface area (Å²) < 4.78 is 40.9. The SMILES string of the molecule is CC.CC.O=C(O)Cc1sccc1N=Cc1c(C(F)(F)F)nc2ccccn12. The van der Waals surface area contributed by atoms with Gasteiger partial charge in [-0.2, -0.15) is 13.2 Å². The Morgan fingerprint density at radius 2 is 1.93 bits per heavy atom. The Morgan fingerprint density at radius 3 is 2.54 bits per heavy atom. The van der Waals surface area contributed by atoms with E-state index in [4.69, 9.17) is 5.11 Å². The van der Waals surface area contributed by atoms with Crippen molar-refractivity contribution < 1.29 is 23.1 Å². The fraction of sp³-hybridized carbons (Fsp3) is 0.316. The summed E-state index contributed by atoms with van der Waals surface area (Å²) >= 11 is 1.19. The van der Waals surface area contributed by atoms with Crippen LogP contribution in [0.2, 0.25) is 0 Å². The number of imidazole rings is 1. The summed E-state index contributed by atoms with van der Waals surface area (Å²) in [7, 11) is 0. The Hall–Kier alpha value is -2.68. The first-order chi connectivity index (χ1) is 13.4. The number of hydrogen-bond acceptors (Lipinski definition) is 4. The average Bonchev–Trinajstić information content (AvgIpc) is 3.27. The third-order valence-electron chi connectivity index (χ3n) is 3.19. The lowest BCUT2D eigenvalue weighted by atomic mass is 10.3. The van der Waals surface area contributed by atoms with Crippen molar-refractivity contribution >= 4 is 34.9 Å². The topological polar surface area (TPSA) is 67.0 Å². The highest BCUT2D eigenvalue weighted by Gasteiger charge is 2.37. The van der Waals surface area contributed by atoms with E-state index in [9.17, 15) is 18.0 Å². The van der Waals surface area contributed by atoms with Gasteiger partial charge in [0.25, 0.3) is 0 Å². The van der Waals surface area contributed by atoms with Gasteiger partial charge in [0.15, 0.2) is 5.69 Å². The van der Waals surface area contributed by atoms with Gasteiger partial charge >= 0.3 is 12.1 Å². The van der Waals surface area contributed by atoms with E-state index in [0.29, 0.717) is 10.6 Å². The number of fused-ring (bicyclic) bond motifs is 1. The minimum absolute atomic E-state index is 0.155. The molecule has 3 rings (SSSR count). The third kappa shape index (κ3) is 5.66. The Kier molecular flexibility index (Phi) is 8.84. The van der Waals surface area contributed by atoms with Crippen molar-refractivity contribution in [3.63, 3.8) is 0 Å². The van der Waals surface area contributed by atoms with Crippen molar-refractivity contribution in [2.45, 2.75) is 40.3 Å². The summed E-state index contributed by atoms with van der Waals surface area (Å²) in [6, 6.07) is 6.21. The van der Waals surface area contributed by atoms with Crippen LogP contribution in [0.4, 0.5) is 18.9 Å². The predicted molar refractivity (Wildman–Crippen MR) is 106 cm³/mol. The summed E-state index contributed by atoms with van der Waals surface area (Å²) in [6.07, 6.45) is -2.32. The first kappa shape index (κ1) is 23.4. The zero-order chi connectivity index (χ0) is 21.3. The first-order valence-electron chi connectivity index (χ1n) is 8.73. The highest BCUT2D eigenvalue weighted by atomic mass is 32.1. The molecule has 0 aliphatic heterocycles. The molecule has 0 bridgehead atoms. The van der Waals surface area contributed by atoms with Crippen molar-refractivity contribution in [3.8, 4) is 0 Å². The number of aromatic nitrogens is 2. The summed E-state index contributed by atoms with van der Waals surface area (Å²) in [5, 5.41) is 10.5. The van der Waals surface area contributed by atoms with Gasteiger partial charge in [-0.25, -0.2) is 4.98 Å². The lowest BCUT2D eigenvalue weighted by Gasteiger charge is -2.04. The second-order valence-corrected chi connectivity index (χ2v) is 5.83. The normalized spacial score (nSPS) is 11.0. The Labute approximate surface area is 165 Å². The maximum absolute atomic E-state index is 13.2. The van der Waals surface area contributed by atoms with Crippen LogP contribution in [0.3, 0.4) is 0 Å². The molecule has 0 fully saturated rings. The Bertz CT molecular complexity index is 930. The highest BCUT2D eigenvalue weighted by molar-refractivity contribution is 7.10. The Balaban J connectivity index is 0.000000921. The van der Waals surface area contributed by atoms with Crippen LogP contribution < -0.4 is 0 Å². The maximum atomic E-state index is 13.2. The fourth-order valence-electron chi connectivity index (χ4n) is 2.20. The molecule has 0 unspecified atom stereocenters. The van der Waals surface area contributed by atoms with E-state index in [-0.39, 0.29) is 17.8 Å². The molecule has 3 heterocycles. The zero-order valence-electron chi connectivity index (χ0n) is 16.0. The number of nitrogens with zero attached hydrogens (tertiary/aromatic N) is 3. The van der Waals surface area contributed by atoms with Gasteiger partial charge < -0.3 is 5.11 Å². The second-order valence-electron chi connectivity index (χ2n) is 4.83. The van der Waals surface area contributed by atoms with E-state index >= 15 is 0 Å². The lowest BCUT2D eigenvalue weighted by molar-refractivity contribution is -0.141. The number of carboxylic acids is 1. The van der Waals surface area contributed by atoms with E-state index in [1.807, 2.05) is 27.7 Å². The molecule has 0 aromatic carbocycles. The number of alkyl halides is 3. The third-order valence-corrected chi connectivity index (χ3v) is 4.11. The van der Waals surface area contributed by atoms with Crippen molar-refractivity contribution in [2.75, 3.05) is 0 Å². The average molecular weight is 413 g/mol. The van der Waals surface area contributed by atoms with Crippen LogP contribution in [0.15, 0.2) is 40.8 Å². The smallest absolute Gasteiger partial charge is 0.435 e. The summed E-state index contributed by atoms with van der Waals surface area (Å²) in [5.74, 6) is -1.03. The van der Waals surface area contributed by atoms with Crippen molar-refractivity contribution in [1.82, 2.24) is 9.38 Å². The largest absolute Gasteiger partial charge is 0.481 e. The monoisotopic (exact) mass is 413 g/mol. The van der Waals surface area contributed by atoms with Gasteiger partial charge in [-0.05, 0) is 23.6 Å². The lowest BCUT2D eigenvalue weighted by Crippen LogP contribution is -2.09. The van der Waals surface area contributed by atoms with E-state index in [2.05, 4.69) is 9.98 Å². The van der Waals surface area contributed by atoms with Crippen LogP contribution in [-0.4, -0.2) is 26.7 Å². The van der Waals surface area contributed by atoms with Crippen LogP contribution in [0.5, 0.6) is 0 Å². The standard InChI is InChI=1S/C15H10F3N3O2S.2C2H6/c16-15(17,18)14-10(21-5-2-1-3-12(21)20-14)8-19-9-4-6-24-11(9)7-13(22)23;2*1-2/h1-6,8H,7H2,(H,22,23);2*1-2H3. The van der Waals surface area contributed by atoms with E-state index in [0.717, 1.165) is 6.21 Å². The van der Waals surface area contributed by atoms with Gasteiger partial charge in [0.05, 0.1) is 24.0 Å². The number of carboxylic acid groups (broad SMARTS) is 1. The number of halogens is 3. The van der Waals surface area contributed by atoms with Crippen LogP contribution in [0.25, 0.3) is 5.65 Å². The van der Waals surface area contributed by atoms with Gasteiger partial charge in [-0.3, -0.25) is 14.2 Å². The molecule has 0 saturated carbocycles. The first-order valence-corrected chi connectivity index (χ1v) is 9.61. The molecule has 1 N–H and O–H groups in total. The molecule has 0 spiro atoms. The molecule has 0 saturated heterocycles. The molecular weight excluding hydrogens is 391 g/mol. The number of aliphatic imine (C=N–C) groups is 1. The van der Waals surface area contributed by atoms with Crippen LogP contribution in [0, 0.1) is 0 Å². The number of hydrogen-bond donors (Lipinski definition) is 1. The summed E-state index contributed by atoms with van der Waals surface area (Å²) in [4.78, 5) is 18.9. The van der Waals surface area contributed by atoms with E-state index < -0.39 is 17.8 Å². The molecule has 28 heavy (non-hydrogen) atoms. The Morgan fingerprint density at radius 1 is 1.25 bits per heavy atom. The molecule has 9 heteroatoms. The van der Waals surface area contributed by atoms with Gasteiger partial charge in [-0.1, -0.05) is 33.8 Å². The number of thiophene rings is 1. The van der Waals surface area contributed by atoms with Crippen molar-refractivity contribution in [3.05, 3.63) is 52.1 Å². The molecular formula is C19H22F3N3O2S. The van der Waals surface area contributed by atoms with Crippen LogP contribution in [-0.2, 0) is 17.4 Å². The number of rotatable bonds is 4. The molecule has 0 radical (unpaired) electrons. The van der Waals surface area contributed by atoms with Crippen LogP contribution >= 0.6 is 11.3 Å². The maximum Gasteiger partial charge on any atom is 0.435 e. The number of pyridine rings is 1. The fourth-order valence-corrected chi connectivity index (χ4v) is 3.01. The molecule has 3 aromatic rings. The molecule has 0 aliphatic carbocycles. The second kappa shape index (κ2) is 10.6. The molecule has 0 amide bonds. The zero-order valence-corrected chi connectivity index (χ0v) is 16.8. The summed E-state index contributed by atoms with van der Waals surface area (Å²) in [5.41, 5.74) is -0.748. The molecule has 0 atom stereocenters. The van der Waals surface area contributed by atoms with Gasteiger partial charge in [-0.15, -0.1) is 11.3 Å². The minimum atomic E-state index is -4.62. The predicted octanol–water partition coefficient (Wildman–Crippen LogP) is 5.84. The van der Waals surface area contributed by atoms with Crippen molar-refractivity contribution in [1.29, 1.82) is 0 Å². The van der Waals surface area contributed by atoms with Crippen molar-refractivity contribution in [2.24, 2.45) is 4.99 Å². The van der Waals surface area contributed by atoms with Gasteiger partial charge in [0.1, 0.15) is 5.65 Å². The molecule has 5 nitrogen and oxygen atoms in total. The van der Waals surface area contributed by atoms with E-state index in [1.165, 1.54) is 28.0 Å². The van der Waals surface area contributed by atoms with Gasteiger partial charge in [0, 0.05) is 11.1 Å². The highest BCUT2D eigenvalue weighted by Crippen LogP contribution is 2.32. The summed E-state index contributed by atoms with van der Waals surface area (Å²) in [6.45, 7) is 8.00. The van der Waals surface area contributed by atoms with Crippen LogP contribution in [0.1, 0.15) is 44.0 Å². The number of carbonyl (C=O) groups is 1.